The monoisotopic (exact) mass is 1140 g/mol. The summed E-state index contributed by atoms with van der Waals surface area (Å²) in [5, 5.41) is 54.2. The predicted molar refractivity (Wildman–Crippen MR) is 276 cm³/mol. The molecule has 33 atom stereocenters. The summed E-state index contributed by atoms with van der Waals surface area (Å²) in [6, 6.07) is 0. The van der Waals surface area contributed by atoms with Gasteiger partial charge in [0, 0.05) is 63.7 Å². The lowest BCUT2D eigenvalue weighted by atomic mass is 9.79. The molecule has 0 amide bonds. The molecular formula is C60H86O21. The van der Waals surface area contributed by atoms with Crippen LogP contribution < -0.4 is 0 Å². The molecule has 0 aromatic heterocycles. The van der Waals surface area contributed by atoms with E-state index in [1.165, 1.54) is 0 Å². The van der Waals surface area contributed by atoms with Crippen molar-refractivity contribution in [1.29, 1.82) is 0 Å². The minimum absolute atomic E-state index is 0.0207. The summed E-state index contributed by atoms with van der Waals surface area (Å²) in [6.07, 6.45) is -5.06. The Bertz CT molecular complexity index is 2430. The molecule has 16 fully saturated rings. The van der Waals surface area contributed by atoms with Crippen LogP contribution in [0.3, 0.4) is 0 Å². The fourth-order valence-corrected chi connectivity index (χ4v) is 18.2. The second kappa shape index (κ2) is 20.4. The summed E-state index contributed by atoms with van der Waals surface area (Å²) in [4.78, 5) is 14.6. The Balaban J connectivity index is 0.660. The van der Waals surface area contributed by atoms with Gasteiger partial charge in [-0.2, -0.15) is 0 Å². The Morgan fingerprint density at radius 3 is 2.10 bits per heavy atom. The van der Waals surface area contributed by atoms with Crippen molar-refractivity contribution in [3.8, 4) is 0 Å². The van der Waals surface area contributed by atoms with Gasteiger partial charge >= 0.3 is 5.97 Å². The summed E-state index contributed by atoms with van der Waals surface area (Å²) in [7, 11) is 0. The normalized spacial score (nSPS) is 57.9. The van der Waals surface area contributed by atoms with Crippen molar-refractivity contribution in [1.82, 2.24) is 0 Å². The second-order valence-electron chi connectivity index (χ2n) is 27.8. The van der Waals surface area contributed by atoms with E-state index in [1.807, 2.05) is 0 Å². The molecule has 16 aliphatic rings. The van der Waals surface area contributed by atoms with Crippen LogP contribution in [0.2, 0.25) is 0 Å². The highest BCUT2D eigenvalue weighted by atomic mass is 16.8. The molecule has 5 N–H and O–H groups in total. The van der Waals surface area contributed by atoms with Crippen LogP contribution in [0.1, 0.15) is 137 Å². The Morgan fingerprint density at radius 1 is 0.568 bits per heavy atom. The number of hydrogen-bond donors (Lipinski definition) is 5. The summed E-state index contributed by atoms with van der Waals surface area (Å²) in [5.41, 5.74) is 1.99. The van der Waals surface area contributed by atoms with Crippen LogP contribution in [0.25, 0.3) is 0 Å². The lowest BCUT2D eigenvalue weighted by Gasteiger charge is -2.50. The smallest absolute Gasteiger partial charge is 0.308 e. The van der Waals surface area contributed by atoms with Gasteiger partial charge in [0.05, 0.1) is 123 Å². The molecule has 21 heteroatoms. The Kier molecular flexibility index (Phi) is 14.0. The molecule has 81 heavy (non-hydrogen) atoms. The average Bonchev–Trinajstić information content (AvgIpc) is 4.41. The molecule has 12 bridgehead atoms. The van der Waals surface area contributed by atoms with Crippen LogP contribution in [-0.2, 0) is 75.8 Å². The van der Waals surface area contributed by atoms with E-state index in [9.17, 15) is 30.3 Å². The van der Waals surface area contributed by atoms with Crippen LogP contribution in [-0.4, -0.2) is 214 Å². The second-order valence-corrected chi connectivity index (χ2v) is 27.8. The molecule has 0 aromatic rings. The zero-order valence-corrected chi connectivity index (χ0v) is 47.2. The molecule has 0 radical (unpaired) electrons. The maximum absolute atomic E-state index is 14.6. The molecule has 1 unspecified atom stereocenters. The number of aliphatic hydroxyl groups is 5. The number of fused-ring (bicyclic) bond motifs is 10. The van der Waals surface area contributed by atoms with Crippen molar-refractivity contribution in [3.63, 3.8) is 0 Å². The maximum atomic E-state index is 14.6. The van der Waals surface area contributed by atoms with E-state index in [-0.39, 0.29) is 110 Å². The predicted octanol–water partition coefficient (Wildman–Crippen LogP) is 3.22. The van der Waals surface area contributed by atoms with Crippen molar-refractivity contribution >= 4 is 5.97 Å². The van der Waals surface area contributed by atoms with Gasteiger partial charge in [0.2, 0.25) is 11.6 Å². The van der Waals surface area contributed by atoms with E-state index < -0.39 is 121 Å². The fraction of sp³-hybridized carbons (Fsp3) is 0.917. The maximum Gasteiger partial charge on any atom is 0.308 e. The minimum Gasteiger partial charge on any atom is -0.459 e. The Hall–Kier alpha value is -1.81. The van der Waals surface area contributed by atoms with Gasteiger partial charge in [0.15, 0.2) is 17.7 Å². The van der Waals surface area contributed by atoms with Crippen LogP contribution in [0.4, 0.5) is 0 Å². The zero-order chi connectivity index (χ0) is 55.8. The van der Waals surface area contributed by atoms with Crippen molar-refractivity contribution in [2.45, 2.75) is 313 Å². The summed E-state index contributed by atoms with van der Waals surface area (Å²) >= 11 is 0. The van der Waals surface area contributed by atoms with Crippen molar-refractivity contribution in [2.75, 3.05) is 6.61 Å². The highest BCUT2D eigenvalue weighted by Gasteiger charge is 2.79. The molecule has 16 rings (SSSR count). The van der Waals surface area contributed by atoms with E-state index in [0.717, 1.165) is 24.0 Å². The fourth-order valence-electron chi connectivity index (χ4n) is 18.2. The molecule has 0 aromatic carbocycles. The lowest BCUT2D eigenvalue weighted by Crippen LogP contribution is -2.63. The van der Waals surface area contributed by atoms with E-state index in [1.54, 1.807) is 0 Å². The molecule has 3 spiro atoms. The van der Waals surface area contributed by atoms with Gasteiger partial charge in [0.1, 0.15) is 36.6 Å². The molecule has 16 saturated heterocycles. The van der Waals surface area contributed by atoms with Gasteiger partial charge in [-0.25, -0.2) is 0 Å². The van der Waals surface area contributed by atoms with Crippen molar-refractivity contribution in [2.24, 2.45) is 23.7 Å². The first kappa shape index (κ1) is 55.7. The Labute approximate surface area is 473 Å². The topological polar surface area (TPSA) is 257 Å². The average molecular weight is 1140 g/mol. The quantitative estimate of drug-likeness (QED) is 0.200. The first-order valence-electron chi connectivity index (χ1n) is 31.0. The number of ether oxygens (including phenoxy) is 15. The molecule has 0 aliphatic carbocycles. The minimum atomic E-state index is -2.03. The third-order valence-electron chi connectivity index (χ3n) is 22.2. The van der Waals surface area contributed by atoms with E-state index in [4.69, 9.17) is 71.1 Å². The summed E-state index contributed by atoms with van der Waals surface area (Å²) in [6.45, 7) is 17.2. The highest BCUT2D eigenvalue weighted by Crippen LogP contribution is 2.60. The van der Waals surface area contributed by atoms with Gasteiger partial charge in [-0.1, -0.05) is 40.9 Å². The van der Waals surface area contributed by atoms with Gasteiger partial charge in [0.25, 0.3) is 0 Å². The van der Waals surface area contributed by atoms with Crippen LogP contribution in [0.5, 0.6) is 0 Å². The number of esters is 1. The first-order valence-corrected chi connectivity index (χ1v) is 31.0. The van der Waals surface area contributed by atoms with Crippen molar-refractivity contribution < 1.29 is 101 Å². The molecule has 452 valence electrons. The molecule has 16 heterocycles. The van der Waals surface area contributed by atoms with E-state index in [2.05, 4.69) is 40.9 Å². The molecule has 21 nitrogen and oxygen atoms in total. The number of hydrogen-bond acceptors (Lipinski definition) is 21. The van der Waals surface area contributed by atoms with Crippen LogP contribution in [0, 0.1) is 23.7 Å². The van der Waals surface area contributed by atoms with Crippen molar-refractivity contribution in [3.05, 3.63) is 24.3 Å². The van der Waals surface area contributed by atoms with Gasteiger partial charge in [-0.05, 0) is 73.8 Å². The SMILES string of the molecule is C=C1C[C@@H]2CC[C@]34OC5[C@@H]6O[C@H]7CC[C@H](CC(=O)O[C@@H]8[C@@H](C)[C@@H]9O[C@@H]%10C[C@@]%11(C[C@@H]%12O[C@]%13(C[C@H](C)[C@@H]%14O[C@H]([C@@H](O)C[C@@H](O)CO)C[C@@H]%14O%13)C[C@H](C)[C@@H]%12O%11)O[C@@H]%10C[C@@H]9O[C@H]8C[C@H]8O[C@@H](CC[C@@H]1O2)C[C@@H](C)C8=C)O[C@@H]7[C@H](O3)[C@@H]6O[C@@]5(O)[C@H]4O. The Morgan fingerprint density at radius 2 is 1.27 bits per heavy atom. The zero-order valence-electron chi connectivity index (χ0n) is 47.2. The number of rotatable bonds is 4. The summed E-state index contributed by atoms with van der Waals surface area (Å²) in [5.74, 6) is -5.84. The van der Waals surface area contributed by atoms with Crippen LogP contribution >= 0.6 is 0 Å². The number of carbonyl (C=O) groups is 1. The third kappa shape index (κ3) is 9.28. The van der Waals surface area contributed by atoms with Crippen LogP contribution in [0.15, 0.2) is 24.3 Å². The largest absolute Gasteiger partial charge is 0.459 e. The number of carbonyl (C=O) groups excluding carboxylic acids is 1. The van der Waals surface area contributed by atoms with E-state index >= 15 is 0 Å². The molecular weight excluding hydrogens is 1060 g/mol. The standard InChI is InChI=1S/C60H86O21/c1-25-13-32-7-9-36-26(2)14-34(67-36)11-12-59-56(65)60(66)55(81-59)54-53(80-60)52(79-59)51-37(71-54)10-8-33(69-51)16-46(64)74-50-30(6)49-42(70-41(50)17-38(68-32)29(25)5)19-40-44(73-49)22-58(75-40)23-45-48(78-58)28(4)21-57(77-45)20-27(3)47-43(76-57)18-39(72-47)35(63)15-31(62)24-61/h25,27-28,30-45,47-56,61-63,65-66H,2,5,7-24H2,1,3-4,6H3/t25-,27+,28+,30+,31-,32+,33-,34+,35+,36+,37+,38-,39+,40-,41+,42+,43+,44-,45+,47+,48+,49+,50-,51+,52+,53+,54-,55?,56+,57-,58-,59-,60-/m1/s1. The van der Waals surface area contributed by atoms with E-state index in [0.29, 0.717) is 77.0 Å². The van der Waals surface area contributed by atoms with Gasteiger partial charge in [-0.15, -0.1) is 0 Å². The molecule has 16 aliphatic heterocycles. The van der Waals surface area contributed by atoms with Gasteiger partial charge in [-0.3, -0.25) is 4.79 Å². The summed E-state index contributed by atoms with van der Waals surface area (Å²) < 4.78 is 102. The highest BCUT2D eigenvalue weighted by molar-refractivity contribution is 5.70. The third-order valence-corrected chi connectivity index (χ3v) is 22.2. The molecule has 0 saturated carbocycles. The first-order chi connectivity index (χ1) is 38.8. The van der Waals surface area contributed by atoms with Gasteiger partial charge < -0.3 is 96.6 Å². The lowest BCUT2D eigenvalue weighted by molar-refractivity contribution is -0.347. The number of aliphatic hydroxyl groups excluding tert-OH is 4.